The molecule has 4 N–H and O–H groups in total. The summed E-state index contributed by atoms with van der Waals surface area (Å²) in [6.45, 7) is 4.20. The lowest BCUT2D eigenvalue weighted by Crippen LogP contribution is -2.45. The average molecular weight is 826 g/mol. The number of unbranched alkanes of at least 4 members (excludes halogenated alkanes) is 29. The quantitative estimate of drug-likeness (QED) is 0.0363. The number of carbonyl (C=O) groups is 1. The second-order valence-corrected chi connectivity index (χ2v) is 17.4. The van der Waals surface area contributed by atoms with E-state index < -0.39 is 18.2 Å². The van der Waals surface area contributed by atoms with E-state index in [1.54, 1.807) is 6.08 Å². The van der Waals surface area contributed by atoms with Crippen LogP contribution in [0.1, 0.15) is 251 Å². The monoisotopic (exact) mass is 826 g/mol. The van der Waals surface area contributed by atoms with Crippen molar-refractivity contribution >= 4 is 5.91 Å². The van der Waals surface area contributed by atoms with Crippen LogP contribution in [0.5, 0.6) is 0 Å². The van der Waals surface area contributed by atoms with E-state index in [1.165, 1.54) is 180 Å². The maximum Gasteiger partial charge on any atom is 0.222 e. The summed E-state index contributed by atoms with van der Waals surface area (Å²) in [6.07, 6.45) is 65.3. The highest BCUT2D eigenvalue weighted by atomic mass is 16.3. The van der Waals surface area contributed by atoms with Gasteiger partial charge in [0.05, 0.1) is 31.3 Å². The fraction of sp³-hybridized carbons (Fsp3) is 0.796. The first-order valence-corrected chi connectivity index (χ1v) is 25.6. The molecule has 0 aliphatic rings. The lowest BCUT2D eigenvalue weighted by atomic mass is 10.0. The lowest BCUT2D eigenvalue weighted by molar-refractivity contribution is -0.124. The SMILES string of the molecule is CCCCCCCCC/C=C/CC/C=C/CC/C=C/C(O)C(CO)NC(=O)CC(O)CCCCCCCCCCCCC/C=C\C/C=C\CCCCCCCCCCC. The van der Waals surface area contributed by atoms with Crippen molar-refractivity contribution in [3.8, 4) is 0 Å². The zero-order chi connectivity index (χ0) is 43.0. The smallest absolute Gasteiger partial charge is 0.222 e. The summed E-state index contributed by atoms with van der Waals surface area (Å²) in [5, 5.41) is 33.3. The zero-order valence-corrected chi connectivity index (χ0v) is 39.1. The predicted octanol–water partition coefficient (Wildman–Crippen LogP) is 15.4. The maximum absolute atomic E-state index is 12.5. The van der Waals surface area contributed by atoms with Crippen molar-refractivity contribution in [1.82, 2.24) is 5.32 Å². The van der Waals surface area contributed by atoms with Crippen LogP contribution < -0.4 is 5.32 Å². The van der Waals surface area contributed by atoms with Gasteiger partial charge in [0, 0.05) is 0 Å². The number of nitrogens with one attached hydrogen (secondary N) is 1. The molecule has 5 nitrogen and oxygen atoms in total. The van der Waals surface area contributed by atoms with E-state index in [0.717, 1.165) is 44.9 Å². The highest BCUT2D eigenvalue weighted by molar-refractivity contribution is 5.76. The summed E-state index contributed by atoms with van der Waals surface area (Å²) in [6, 6.07) is -0.770. The van der Waals surface area contributed by atoms with E-state index in [4.69, 9.17) is 0 Å². The molecule has 0 aromatic carbocycles. The summed E-state index contributed by atoms with van der Waals surface area (Å²) in [4.78, 5) is 12.5. The van der Waals surface area contributed by atoms with E-state index in [2.05, 4.69) is 67.8 Å². The minimum atomic E-state index is -0.962. The molecule has 5 heteroatoms. The Morgan fingerprint density at radius 3 is 1.19 bits per heavy atom. The van der Waals surface area contributed by atoms with E-state index in [0.29, 0.717) is 6.42 Å². The van der Waals surface area contributed by atoms with Crippen LogP contribution in [0.25, 0.3) is 0 Å². The van der Waals surface area contributed by atoms with Crippen molar-refractivity contribution in [1.29, 1.82) is 0 Å². The highest BCUT2D eigenvalue weighted by Gasteiger charge is 2.20. The van der Waals surface area contributed by atoms with Crippen LogP contribution >= 0.6 is 0 Å². The number of rotatable bonds is 46. The number of aliphatic hydroxyl groups is 3. The fourth-order valence-corrected chi connectivity index (χ4v) is 7.58. The molecule has 3 atom stereocenters. The summed E-state index contributed by atoms with van der Waals surface area (Å²) in [5.41, 5.74) is 0. The lowest BCUT2D eigenvalue weighted by Gasteiger charge is -2.21. The predicted molar refractivity (Wildman–Crippen MR) is 259 cm³/mol. The van der Waals surface area contributed by atoms with Gasteiger partial charge >= 0.3 is 0 Å². The van der Waals surface area contributed by atoms with Gasteiger partial charge in [0.15, 0.2) is 0 Å². The Morgan fingerprint density at radius 1 is 0.441 bits per heavy atom. The van der Waals surface area contributed by atoms with Gasteiger partial charge in [-0.25, -0.2) is 0 Å². The first-order chi connectivity index (χ1) is 29.0. The molecule has 0 heterocycles. The Kier molecular flexibility index (Phi) is 47.1. The number of allylic oxidation sites excluding steroid dienone is 9. The van der Waals surface area contributed by atoms with Crippen molar-refractivity contribution in [3.05, 3.63) is 60.8 Å². The van der Waals surface area contributed by atoms with Crippen molar-refractivity contribution in [2.75, 3.05) is 6.61 Å². The van der Waals surface area contributed by atoms with Crippen LogP contribution in [0.2, 0.25) is 0 Å². The average Bonchev–Trinajstić information content (AvgIpc) is 3.23. The fourth-order valence-electron chi connectivity index (χ4n) is 7.58. The van der Waals surface area contributed by atoms with Crippen molar-refractivity contribution in [3.63, 3.8) is 0 Å². The molecule has 59 heavy (non-hydrogen) atoms. The van der Waals surface area contributed by atoms with Crippen LogP contribution in [-0.2, 0) is 4.79 Å². The third-order valence-corrected chi connectivity index (χ3v) is 11.5. The Balaban J connectivity index is 3.66. The van der Waals surface area contributed by atoms with Gasteiger partial charge in [-0.2, -0.15) is 0 Å². The molecule has 0 fully saturated rings. The molecule has 0 aromatic heterocycles. The molecule has 3 unspecified atom stereocenters. The van der Waals surface area contributed by atoms with Crippen molar-refractivity contribution in [2.45, 2.75) is 270 Å². The number of carbonyl (C=O) groups excluding carboxylic acids is 1. The Morgan fingerprint density at radius 2 is 0.780 bits per heavy atom. The third kappa shape index (κ3) is 45.4. The zero-order valence-electron chi connectivity index (χ0n) is 39.1. The van der Waals surface area contributed by atoms with Gasteiger partial charge in [-0.3, -0.25) is 4.79 Å². The number of hydrogen-bond acceptors (Lipinski definition) is 4. The van der Waals surface area contributed by atoms with E-state index >= 15 is 0 Å². The van der Waals surface area contributed by atoms with Crippen LogP contribution in [0, 0.1) is 0 Å². The van der Waals surface area contributed by atoms with Gasteiger partial charge in [0.1, 0.15) is 0 Å². The summed E-state index contributed by atoms with van der Waals surface area (Å²) in [5.74, 6) is -0.331. The van der Waals surface area contributed by atoms with Crippen LogP contribution in [0.15, 0.2) is 60.8 Å². The summed E-state index contributed by atoms with van der Waals surface area (Å²) in [7, 11) is 0. The Hall–Kier alpha value is -1.95. The number of hydrogen-bond donors (Lipinski definition) is 4. The molecule has 0 radical (unpaired) electrons. The van der Waals surface area contributed by atoms with Crippen LogP contribution in [0.4, 0.5) is 0 Å². The van der Waals surface area contributed by atoms with Crippen LogP contribution in [-0.4, -0.2) is 46.1 Å². The molecular weight excluding hydrogens is 727 g/mol. The maximum atomic E-state index is 12.5. The molecule has 344 valence electrons. The molecule has 0 aromatic rings. The van der Waals surface area contributed by atoms with E-state index in [-0.39, 0.29) is 18.9 Å². The first kappa shape index (κ1) is 57.1. The summed E-state index contributed by atoms with van der Waals surface area (Å²) < 4.78 is 0. The number of aliphatic hydroxyl groups excluding tert-OH is 3. The second-order valence-electron chi connectivity index (χ2n) is 17.4. The van der Waals surface area contributed by atoms with Gasteiger partial charge in [-0.1, -0.05) is 229 Å². The normalized spacial score (nSPS) is 13.9. The molecule has 0 spiro atoms. The molecule has 0 saturated carbocycles. The van der Waals surface area contributed by atoms with Gasteiger partial charge in [0.2, 0.25) is 5.91 Å². The molecule has 0 saturated heterocycles. The van der Waals surface area contributed by atoms with E-state index in [9.17, 15) is 20.1 Å². The van der Waals surface area contributed by atoms with Gasteiger partial charge in [-0.15, -0.1) is 0 Å². The largest absolute Gasteiger partial charge is 0.394 e. The minimum Gasteiger partial charge on any atom is -0.394 e. The summed E-state index contributed by atoms with van der Waals surface area (Å²) >= 11 is 0. The third-order valence-electron chi connectivity index (χ3n) is 11.5. The first-order valence-electron chi connectivity index (χ1n) is 25.6. The van der Waals surface area contributed by atoms with Crippen LogP contribution in [0.3, 0.4) is 0 Å². The molecule has 0 aliphatic carbocycles. The molecule has 1 amide bonds. The van der Waals surface area contributed by atoms with Crippen molar-refractivity contribution in [2.24, 2.45) is 0 Å². The van der Waals surface area contributed by atoms with Gasteiger partial charge < -0.3 is 20.6 Å². The molecule has 0 bridgehead atoms. The number of amides is 1. The highest BCUT2D eigenvalue weighted by Crippen LogP contribution is 2.15. The minimum absolute atomic E-state index is 0.000844. The van der Waals surface area contributed by atoms with Gasteiger partial charge in [0.25, 0.3) is 0 Å². The Bertz CT molecular complexity index is 1000. The van der Waals surface area contributed by atoms with E-state index in [1.807, 2.05) is 6.08 Å². The Labute approximate surface area is 367 Å². The molecule has 0 rings (SSSR count). The van der Waals surface area contributed by atoms with Gasteiger partial charge in [-0.05, 0) is 77.0 Å². The van der Waals surface area contributed by atoms with Crippen molar-refractivity contribution < 1.29 is 20.1 Å². The molecular formula is C54H99NO4. The molecule has 0 aliphatic heterocycles. The topological polar surface area (TPSA) is 89.8 Å². The second kappa shape index (κ2) is 48.7. The standard InChI is InChI=1S/C54H99NO4/c1-3-5-7-9-11-13-15-17-19-21-22-23-24-25-26-27-28-29-30-32-33-35-37-39-41-43-45-47-51(57)49-54(59)55-52(50-56)53(58)48-46-44-42-40-38-36-34-31-20-18-16-14-12-10-8-6-4-2/h20,22-23,25-26,31,38,40,46,48,51-53,56-58H,3-19,21,24,27-30,32-37,39,41-45,47,49-50H2,1-2H3,(H,55,59)/b23-22-,26-25-,31-20+,40-38+,48-46+.